The molecular formula is C14H10N2O2. The quantitative estimate of drug-likeness (QED) is 0.596. The number of hydrogen-bond donors (Lipinski definition) is 0. The summed E-state index contributed by atoms with van der Waals surface area (Å²) in [6.45, 7) is 0.296. The first-order chi connectivity index (χ1) is 8.84. The molecule has 0 amide bonds. The molecule has 0 N–H and O–H groups in total. The van der Waals surface area contributed by atoms with Gasteiger partial charge in [-0.1, -0.05) is 12.1 Å². The third-order valence-electron chi connectivity index (χ3n) is 2.74. The number of nitrogens with zero attached hydrogens (tertiary/aromatic N) is 2. The summed E-state index contributed by atoms with van der Waals surface area (Å²) in [6, 6.07) is 11.0. The van der Waals surface area contributed by atoms with Gasteiger partial charge in [0.2, 0.25) is 0 Å². The second kappa shape index (κ2) is 4.41. The van der Waals surface area contributed by atoms with Gasteiger partial charge in [0.05, 0.1) is 23.2 Å². The smallest absolute Gasteiger partial charge is 0.338 e. The Balaban J connectivity index is 1.95. The monoisotopic (exact) mass is 238 g/mol. The molecule has 3 rings (SSSR count). The van der Waals surface area contributed by atoms with Gasteiger partial charge in [-0.15, -0.1) is 0 Å². The Kier molecular flexibility index (Phi) is 2.61. The maximum atomic E-state index is 11.4. The molecule has 0 saturated carbocycles. The van der Waals surface area contributed by atoms with Crippen LogP contribution >= 0.6 is 0 Å². The van der Waals surface area contributed by atoms with Crippen molar-refractivity contribution in [1.29, 1.82) is 0 Å². The van der Waals surface area contributed by atoms with Crippen molar-refractivity contribution in [3.63, 3.8) is 0 Å². The predicted octanol–water partition coefficient (Wildman–Crippen LogP) is 2.50. The van der Waals surface area contributed by atoms with Crippen molar-refractivity contribution in [3.05, 3.63) is 59.4 Å². The lowest BCUT2D eigenvalue weighted by Gasteiger charge is -1.99. The van der Waals surface area contributed by atoms with Gasteiger partial charge in [-0.3, -0.25) is 9.98 Å². The van der Waals surface area contributed by atoms with Crippen LogP contribution in [0.2, 0.25) is 0 Å². The van der Waals surface area contributed by atoms with Gasteiger partial charge in [0.1, 0.15) is 6.61 Å². The molecule has 2 aromatic rings. The molecule has 4 nitrogen and oxygen atoms in total. The van der Waals surface area contributed by atoms with Crippen molar-refractivity contribution in [1.82, 2.24) is 4.98 Å². The van der Waals surface area contributed by atoms with E-state index in [9.17, 15) is 4.79 Å². The first-order valence-electron chi connectivity index (χ1n) is 5.59. The Labute approximate surface area is 104 Å². The zero-order chi connectivity index (χ0) is 12.4. The summed E-state index contributed by atoms with van der Waals surface area (Å²) in [6.07, 6.45) is 3.39. The second-order valence-corrected chi connectivity index (χ2v) is 3.89. The minimum atomic E-state index is -0.278. The standard InChI is InChI=1S/C14H10N2O2/c17-14-11-5-3-6-13(12(11)9-18-14)16-8-10-4-1-2-7-15-10/h1-8H,9H2/b16-8+. The van der Waals surface area contributed by atoms with Crippen molar-refractivity contribution in [2.24, 2.45) is 4.99 Å². The van der Waals surface area contributed by atoms with Gasteiger partial charge in [-0.2, -0.15) is 0 Å². The van der Waals surface area contributed by atoms with Crippen molar-refractivity contribution in [2.75, 3.05) is 0 Å². The molecule has 1 aliphatic heterocycles. The Hall–Kier alpha value is -2.49. The van der Waals surface area contributed by atoms with Gasteiger partial charge in [0, 0.05) is 11.8 Å². The van der Waals surface area contributed by atoms with Gasteiger partial charge >= 0.3 is 5.97 Å². The lowest BCUT2D eigenvalue weighted by atomic mass is 10.1. The maximum absolute atomic E-state index is 11.4. The summed E-state index contributed by atoms with van der Waals surface area (Å²) >= 11 is 0. The molecule has 0 spiro atoms. The molecule has 0 bridgehead atoms. The maximum Gasteiger partial charge on any atom is 0.338 e. The van der Waals surface area contributed by atoms with Gasteiger partial charge in [-0.25, -0.2) is 4.79 Å². The Morgan fingerprint density at radius 2 is 2.17 bits per heavy atom. The highest BCUT2D eigenvalue weighted by molar-refractivity contribution is 5.95. The summed E-state index contributed by atoms with van der Waals surface area (Å²) < 4.78 is 4.99. The fraction of sp³-hybridized carbons (Fsp3) is 0.0714. The number of cyclic esters (lactones) is 1. The van der Waals surface area contributed by atoms with Gasteiger partial charge < -0.3 is 4.74 Å². The fourth-order valence-corrected chi connectivity index (χ4v) is 1.84. The van der Waals surface area contributed by atoms with Crippen molar-refractivity contribution in [3.8, 4) is 0 Å². The van der Waals surface area contributed by atoms with Gasteiger partial charge in [-0.05, 0) is 24.3 Å². The lowest BCUT2D eigenvalue weighted by Crippen LogP contribution is -1.92. The lowest BCUT2D eigenvalue weighted by molar-refractivity contribution is 0.0535. The highest BCUT2D eigenvalue weighted by Crippen LogP contribution is 2.29. The average molecular weight is 238 g/mol. The van der Waals surface area contributed by atoms with E-state index in [0.29, 0.717) is 12.2 Å². The summed E-state index contributed by atoms with van der Waals surface area (Å²) in [5.41, 5.74) is 2.98. The van der Waals surface area contributed by atoms with Crippen LogP contribution in [-0.4, -0.2) is 17.2 Å². The number of carbonyl (C=O) groups is 1. The number of esters is 1. The van der Waals surface area contributed by atoms with E-state index < -0.39 is 0 Å². The first-order valence-corrected chi connectivity index (χ1v) is 5.59. The largest absolute Gasteiger partial charge is 0.457 e. The summed E-state index contributed by atoms with van der Waals surface area (Å²) in [5, 5.41) is 0. The third-order valence-corrected chi connectivity index (χ3v) is 2.74. The zero-order valence-electron chi connectivity index (χ0n) is 9.54. The Morgan fingerprint density at radius 1 is 1.22 bits per heavy atom. The van der Waals surface area contributed by atoms with Crippen molar-refractivity contribution < 1.29 is 9.53 Å². The van der Waals surface area contributed by atoms with Crippen LogP contribution < -0.4 is 0 Å². The SMILES string of the molecule is O=C1OCc2c(/N=C/c3ccccn3)cccc21. The number of aromatic nitrogens is 1. The summed E-state index contributed by atoms with van der Waals surface area (Å²) in [7, 11) is 0. The Bertz CT molecular complexity index is 621. The Morgan fingerprint density at radius 3 is 3.00 bits per heavy atom. The van der Waals surface area contributed by atoms with Crippen LogP contribution in [0.1, 0.15) is 21.6 Å². The van der Waals surface area contributed by atoms with E-state index in [-0.39, 0.29) is 5.97 Å². The van der Waals surface area contributed by atoms with E-state index in [1.165, 1.54) is 0 Å². The highest BCUT2D eigenvalue weighted by atomic mass is 16.5. The first kappa shape index (κ1) is 10.7. The molecule has 0 fully saturated rings. The van der Waals surface area contributed by atoms with Crippen LogP contribution in [0.4, 0.5) is 5.69 Å². The average Bonchev–Trinajstić information content (AvgIpc) is 2.80. The van der Waals surface area contributed by atoms with Crippen LogP contribution in [0.25, 0.3) is 0 Å². The van der Waals surface area contributed by atoms with E-state index in [1.54, 1.807) is 24.5 Å². The minimum absolute atomic E-state index is 0.278. The number of rotatable bonds is 2. The molecule has 88 valence electrons. The van der Waals surface area contributed by atoms with E-state index in [0.717, 1.165) is 16.9 Å². The predicted molar refractivity (Wildman–Crippen MR) is 67.1 cm³/mol. The van der Waals surface area contributed by atoms with E-state index in [1.807, 2.05) is 24.3 Å². The number of benzene rings is 1. The van der Waals surface area contributed by atoms with Crippen LogP contribution in [0.5, 0.6) is 0 Å². The van der Waals surface area contributed by atoms with Crippen LogP contribution in [-0.2, 0) is 11.3 Å². The van der Waals surface area contributed by atoms with Crippen LogP contribution in [0, 0.1) is 0 Å². The number of pyridine rings is 1. The van der Waals surface area contributed by atoms with Crippen molar-refractivity contribution >= 4 is 17.9 Å². The molecule has 2 heterocycles. The molecule has 1 aliphatic rings. The third kappa shape index (κ3) is 1.88. The topological polar surface area (TPSA) is 51.5 Å². The normalized spacial score (nSPS) is 13.7. The van der Waals surface area contributed by atoms with Gasteiger partial charge in [0.25, 0.3) is 0 Å². The number of aliphatic imine (C=N–C) groups is 1. The van der Waals surface area contributed by atoms with Crippen molar-refractivity contribution in [2.45, 2.75) is 6.61 Å². The molecule has 4 heteroatoms. The van der Waals surface area contributed by atoms with Crippen LogP contribution in [0.15, 0.2) is 47.6 Å². The number of fused-ring (bicyclic) bond motifs is 1. The van der Waals surface area contributed by atoms with E-state index in [4.69, 9.17) is 4.74 Å². The highest BCUT2D eigenvalue weighted by Gasteiger charge is 2.22. The minimum Gasteiger partial charge on any atom is -0.457 e. The van der Waals surface area contributed by atoms with Gasteiger partial charge in [0.15, 0.2) is 0 Å². The molecule has 0 unspecified atom stereocenters. The second-order valence-electron chi connectivity index (χ2n) is 3.89. The number of carbonyl (C=O) groups excluding carboxylic acids is 1. The summed E-state index contributed by atoms with van der Waals surface area (Å²) in [4.78, 5) is 19.9. The molecule has 1 aromatic heterocycles. The molecule has 1 aromatic carbocycles. The van der Waals surface area contributed by atoms with Crippen LogP contribution in [0.3, 0.4) is 0 Å². The molecule has 0 saturated heterocycles. The van der Waals surface area contributed by atoms with E-state index in [2.05, 4.69) is 9.98 Å². The molecule has 0 aliphatic carbocycles. The molecule has 0 atom stereocenters. The molecule has 18 heavy (non-hydrogen) atoms. The summed E-state index contributed by atoms with van der Waals surface area (Å²) in [5.74, 6) is -0.278. The molecule has 0 radical (unpaired) electrons. The molecular weight excluding hydrogens is 228 g/mol. The number of hydrogen-bond acceptors (Lipinski definition) is 4. The number of ether oxygens (including phenoxy) is 1. The zero-order valence-corrected chi connectivity index (χ0v) is 9.54. The fourth-order valence-electron chi connectivity index (χ4n) is 1.84. The van der Waals surface area contributed by atoms with E-state index >= 15 is 0 Å².